The highest BCUT2D eigenvalue weighted by molar-refractivity contribution is 7.24. The Morgan fingerprint density at radius 3 is 1.47 bits per heavy atom. The quantitative estimate of drug-likeness (QED) is 0.112. The molecule has 16 nitrogen and oxygen atoms in total. The molecule has 4 aliphatic heterocycles. The van der Waals surface area contributed by atoms with Crippen LogP contribution in [0.2, 0.25) is 0 Å². The number of aryl methyl sites for hydroxylation is 2. The lowest BCUT2D eigenvalue weighted by atomic mass is 9.90. The van der Waals surface area contributed by atoms with E-state index >= 15 is 0 Å². The first kappa shape index (κ1) is 42.3. The van der Waals surface area contributed by atoms with Crippen molar-refractivity contribution in [3.05, 3.63) is 47.3 Å². The van der Waals surface area contributed by atoms with E-state index in [0.717, 1.165) is 58.5 Å². The van der Waals surface area contributed by atoms with Crippen LogP contribution < -0.4 is 10.6 Å². The molecule has 8 heterocycles. The molecule has 0 saturated carbocycles. The van der Waals surface area contributed by atoms with Gasteiger partial charge >= 0.3 is 12.2 Å². The maximum Gasteiger partial charge on any atom is 0.407 e. The van der Waals surface area contributed by atoms with Crippen LogP contribution >= 0.6 is 22.7 Å². The van der Waals surface area contributed by atoms with E-state index in [0.29, 0.717) is 65.2 Å². The monoisotopic (exact) mass is 886 g/mol. The number of nitrogens with one attached hydrogen (secondary N) is 4. The minimum atomic E-state index is -0.688. The van der Waals surface area contributed by atoms with Crippen LogP contribution in [-0.4, -0.2) is 120 Å². The number of fused-ring (bicyclic) bond motifs is 2. The summed E-state index contributed by atoms with van der Waals surface area (Å²) >= 11 is 3.46. The topological polar surface area (TPSA) is 193 Å². The van der Waals surface area contributed by atoms with Gasteiger partial charge in [0.25, 0.3) is 0 Å². The van der Waals surface area contributed by atoms with E-state index in [1.807, 2.05) is 22.2 Å². The highest BCUT2D eigenvalue weighted by Gasteiger charge is 2.42. The number of methoxy groups -OCH3 is 2. The summed E-state index contributed by atoms with van der Waals surface area (Å²) < 4.78 is 23.3. The number of likely N-dealkylation sites (tertiary alicyclic amines) is 2. The first-order chi connectivity index (χ1) is 30.1. The molecule has 4 fully saturated rings. The lowest BCUT2D eigenvalue weighted by Crippen LogP contribution is -2.53. The maximum absolute atomic E-state index is 14.1. The minimum Gasteiger partial charge on any atom is -0.453 e. The van der Waals surface area contributed by atoms with Gasteiger partial charge in [-0.3, -0.25) is 9.59 Å². The second-order valence-corrected chi connectivity index (χ2v) is 18.9. The van der Waals surface area contributed by atoms with Crippen molar-refractivity contribution in [2.45, 2.75) is 89.4 Å². The molecule has 4 saturated heterocycles. The van der Waals surface area contributed by atoms with Crippen molar-refractivity contribution in [3.8, 4) is 21.1 Å². The van der Waals surface area contributed by atoms with Crippen LogP contribution in [0.5, 0.6) is 0 Å². The molecule has 4 N–H and O–H groups in total. The Labute approximate surface area is 367 Å². The van der Waals surface area contributed by atoms with E-state index in [1.165, 1.54) is 45.5 Å². The van der Waals surface area contributed by atoms with Gasteiger partial charge in [0.15, 0.2) is 0 Å². The summed E-state index contributed by atoms with van der Waals surface area (Å²) in [6.07, 6.45) is 8.53. The number of benzene rings is 1. The Balaban J connectivity index is 0.937. The summed E-state index contributed by atoms with van der Waals surface area (Å²) in [6, 6.07) is 2.65. The van der Waals surface area contributed by atoms with Gasteiger partial charge in [-0.15, -0.1) is 22.7 Å². The Morgan fingerprint density at radius 1 is 0.677 bits per heavy atom. The number of hydrogen-bond acceptors (Lipinski definition) is 12. The number of H-pyrrole nitrogens is 2. The van der Waals surface area contributed by atoms with Gasteiger partial charge in [-0.2, -0.15) is 0 Å². The Hall–Kier alpha value is -5.04. The number of thiophene rings is 2. The van der Waals surface area contributed by atoms with Gasteiger partial charge in [-0.25, -0.2) is 19.6 Å². The number of imidazole rings is 2. The summed E-state index contributed by atoms with van der Waals surface area (Å²) in [5.41, 5.74) is 4.21. The fourth-order valence-corrected chi connectivity index (χ4v) is 12.3. The molecule has 4 amide bonds. The molecule has 0 aliphatic carbocycles. The van der Waals surface area contributed by atoms with E-state index in [2.05, 4.69) is 46.6 Å². The van der Waals surface area contributed by atoms with Gasteiger partial charge in [0.05, 0.1) is 59.8 Å². The second kappa shape index (κ2) is 18.0. The molecule has 4 aliphatic rings. The largest absolute Gasteiger partial charge is 0.453 e. The third-order valence-corrected chi connectivity index (χ3v) is 15.9. The van der Waals surface area contributed by atoms with Crippen LogP contribution in [0.3, 0.4) is 0 Å². The molecule has 62 heavy (non-hydrogen) atoms. The van der Waals surface area contributed by atoms with E-state index in [4.69, 9.17) is 28.9 Å². The predicted octanol–water partition coefficient (Wildman–Crippen LogP) is 7.14. The fourth-order valence-electron chi connectivity index (χ4n) is 9.89. The number of carbonyl (C=O) groups excluding carboxylic acids is 4. The van der Waals surface area contributed by atoms with Crippen LogP contribution in [-0.2, 0) is 28.5 Å². The molecule has 4 unspecified atom stereocenters. The van der Waals surface area contributed by atoms with Crippen molar-refractivity contribution < 1.29 is 38.1 Å². The second-order valence-electron chi connectivity index (χ2n) is 16.8. The predicted molar refractivity (Wildman–Crippen MR) is 235 cm³/mol. The van der Waals surface area contributed by atoms with Crippen LogP contribution in [0, 0.1) is 25.7 Å². The molecule has 0 radical (unpaired) electrons. The highest BCUT2D eigenvalue weighted by atomic mass is 32.1. The Morgan fingerprint density at radius 2 is 1.08 bits per heavy atom. The number of aromatic nitrogens is 4. The van der Waals surface area contributed by atoms with Gasteiger partial charge in [0, 0.05) is 48.9 Å². The first-order valence-electron chi connectivity index (χ1n) is 21.7. The standard InChI is InChI=1S/C44H54N8O8S2/c1-23-27-19-33(29-21-45-39(47-29)31-7-5-13-51(31)41(53)35(49-43(55)57-3)25-9-15-59-16-10-25)62-38(27)24(2)28-20-34(61-37(23)28)30-22-46-40(48-30)32-8-6-14-52(32)42(54)36(50-44(56)58-4)26-11-17-60-18-12-26/h19-22,25-26,31-32,35-36H,5-18H2,1-4H3,(H,45,47)(H,46,48)(H,49,55)(H,50,56). The van der Waals surface area contributed by atoms with Crippen molar-refractivity contribution in [3.63, 3.8) is 0 Å². The normalized spacial score (nSPS) is 21.1. The van der Waals surface area contributed by atoms with Gasteiger partial charge in [-0.05, 0) is 111 Å². The molecule has 4 aromatic heterocycles. The molecule has 0 bridgehead atoms. The highest BCUT2D eigenvalue weighted by Crippen LogP contribution is 2.46. The van der Waals surface area contributed by atoms with Crippen molar-refractivity contribution in [1.82, 2.24) is 40.4 Å². The molecule has 4 atom stereocenters. The molecular formula is C44H54N8O8S2. The van der Waals surface area contributed by atoms with Crippen molar-refractivity contribution in [2.75, 3.05) is 53.7 Å². The molecule has 1 aromatic carbocycles. The molecule has 330 valence electrons. The summed E-state index contributed by atoms with van der Waals surface area (Å²) in [4.78, 5) is 75.5. The van der Waals surface area contributed by atoms with Crippen molar-refractivity contribution in [2.24, 2.45) is 11.8 Å². The Bertz CT molecular complexity index is 2240. The first-order valence-corrected chi connectivity index (χ1v) is 23.3. The zero-order valence-electron chi connectivity index (χ0n) is 35.5. The number of nitrogens with zero attached hydrogens (tertiary/aromatic N) is 4. The van der Waals surface area contributed by atoms with E-state index in [-0.39, 0.29) is 35.7 Å². The lowest BCUT2D eigenvalue weighted by molar-refractivity contribution is -0.137. The summed E-state index contributed by atoms with van der Waals surface area (Å²) in [7, 11) is 2.63. The number of alkyl carbamates (subject to hydrolysis) is 2. The summed E-state index contributed by atoms with van der Waals surface area (Å²) in [5.74, 6) is 1.20. The van der Waals surface area contributed by atoms with E-state index in [1.54, 1.807) is 22.7 Å². The Kier molecular flexibility index (Phi) is 12.3. The summed E-state index contributed by atoms with van der Waals surface area (Å²) in [6.45, 7) is 7.77. The number of hydrogen-bond donors (Lipinski definition) is 4. The van der Waals surface area contributed by atoms with Gasteiger partial charge in [0.2, 0.25) is 11.8 Å². The lowest BCUT2D eigenvalue weighted by Gasteiger charge is -2.34. The minimum absolute atomic E-state index is 0.0312. The summed E-state index contributed by atoms with van der Waals surface area (Å²) in [5, 5.41) is 8.04. The molecule has 18 heteroatoms. The zero-order chi connectivity index (χ0) is 43.1. The average molecular weight is 887 g/mol. The molecular weight excluding hydrogens is 833 g/mol. The maximum atomic E-state index is 14.1. The van der Waals surface area contributed by atoms with Crippen LogP contribution in [0.25, 0.3) is 41.3 Å². The molecule has 5 aromatic rings. The van der Waals surface area contributed by atoms with Crippen molar-refractivity contribution >= 4 is 66.8 Å². The number of carbonyl (C=O) groups is 4. The fraction of sp³-hybridized carbons (Fsp3) is 0.545. The number of rotatable bonds is 10. The van der Waals surface area contributed by atoms with E-state index in [9.17, 15) is 19.2 Å². The van der Waals surface area contributed by atoms with Crippen LogP contribution in [0.1, 0.15) is 86.2 Å². The van der Waals surface area contributed by atoms with E-state index < -0.39 is 24.3 Å². The smallest absolute Gasteiger partial charge is 0.407 e. The average Bonchev–Trinajstić information content (AvgIpc) is 4.15. The van der Waals surface area contributed by atoms with Gasteiger partial charge in [0.1, 0.15) is 23.7 Å². The third kappa shape index (κ3) is 8.05. The van der Waals surface area contributed by atoms with Crippen LogP contribution in [0.4, 0.5) is 9.59 Å². The number of ether oxygens (including phenoxy) is 4. The number of aromatic amines is 2. The zero-order valence-corrected chi connectivity index (χ0v) is 37.2. The van der Waals surface area contributed by atoms with Crippen molar-refractivity contribution in [1.29, 1.82) is 0 Å². The molecule has 0 spiro atoms. The SMILES string of the molecule is COC(=O)NC(C(=O)N1CCCC1c1ncc(-c2cc3c(C)c4sc(-c5cnc(C6CCCN6C(=O)C(NC(=O)OC)C6CCOCC6)[nH]5)cc4c(C)c3s2)[nH]1)C1CCOCC1. The molecule has 9 rings (SSSR count). The van der Waals surface area contributed by atoms with Crippen LogP contribution in [0.15, 0.2) is 24.5 Å². The van der Waals surface area contributed by atoms with Gasteiger partial charge in [-0.1, -0.05) is 0 Å². The number of amides is 4. The third-order valence-electron chi connectivity index (χ3n) is 13.3. The van der Waals surface area contributed by atoms with Gasteiger partial charge < -0.3 is 49.3 Å².